The van der Waals surface area contributed by atoms with Crippen molar-refractivity contribution in [3.63, 3.8) is 0 Å². The van der Waals surface area contributed by atoms with Crippen molar-refractivity contribution in [2.45, 2.75) is 19.4 Å². The first-order valence-electron chi connectivity index (χ1n) is 10.1. The molecule has 1 aliphatic heterocycles. The van der Waals surface area contributed by atoms with Gasteiger partial charge in [-0.2, -0.15) is 0 Å². The molecular formula is C25H20BrFN2O3. The highest BCUT2D eigenvalue weighted by Gasteiger charge is 2.45. The molecular weight excluding hydrogens is 475 g/mol. The number of carbonyl (C=O) groups excluding carboxylic acids is 2. The Kier molecular flexibility index (Phi) is 6.19. The van der Waals surface area contributed by atoms with Gasteiger partial charge in [-0.15, -0.1) is 0 Å². The lowest BCUT2D eigenvalue weighted by atomic mass is 9.95. The Hall–Kier alpha value is -3.32. The zero-order valence-corrected chi connectivity index (χ0v) is 18.8. The number of aromatic nitrogens is 1. The van der Waals surface area contributed by atoms with Crippen molar-refractivity contribution in [2.24, 2.45) is 0 Å². The molecule has 0 radical (unpaired) electrons. The standard InChI is InChI=1S/C25H20BrFN2O3/c1-15-13-17(6-9-20(15)26)23(30)21-22(18-3-2-11-28-14-18)29(25(32)24(21)31)12-10-16-4-7-19(27)8-5-16/h2-9,11,13-14,22,30H,10,12H2,1H3/b23-21-. The number of aliphatic hydroxyl groups excluding tert-OH is 1. The number of rotatable bonds is 5. The van der Waals surface area contributed by atoms with Gasteiger partial charge < -0.3 is 10.0 Å². The highest BCUT2D eigenvalue weighted by molar-refractivity contribution is 9.10. The molecule has 0 saturated carbocycles. The Bertz CT molecular complexity index is 1210. The maximum Gasteiger partial charge on any atom is 0.295 e. The third-order valence-corrected chi connectivity index (χ3v) is 6.42. The number of amides is 1. The molecule has 0 spiro atoms. The van der Waals surface area contributed by atoms with Gasteiger partial charge in [-0.1, -0.05) is 40.2 Å². The third kappa shape index (κ3) is 4.21. The first-order chi connectivity index (χ1) is 15.4. The minimum Gasteiger partial charge on any atom is -0.507 e. The fraction of sp³-hybridized carbons (Fsp3) is 0.160. The summed E-state index contributed by atoms with van der Waals surface area (Å²) in [6, 6.07) is 14.0. The first kappa shape index (κ1) is 21.9. The Morgan fingerprint density at radius 2 is 1.91 bits per heavy atom. The van der Waals surface area contributed by atoms with Crippen LogP contribution in [0.5, 0.6) is 0 Å². The summed E-state index contributed by atoms with van der Waals surface area (Å²) in [4.78, 5) is 31.6. The molecule has 1 amide bonds. The van der Waals surface area contributed by atoms with E-state index in [2.05, 4.69) is 20.9 Å². The number of hydrogen-bond donors (Lipinski definition) is 1. The molecule has 7 heteroatoms. The minimum absolute atomic E-state index is 0.0313. The lowest BCUT2D eigenvalue weighted by molar-refractivity contribution is -0.139. The monoisotopic (exact) mass is 494 g/mol. The van der Waals surface area contributed by atoms with E-state index in [0.29, 0.717) is 17.5 Å². The predicted octanol–water partition coefficient (Wildman–Crippen LogP) is 4.96. The number of pyridine rings is 1. The van der Waals surface area contributed by atoms with Crippen LogP contribution in [0.15, 0.2) is 77.0 Å². The molecule has 32 heavy (non-hydrogen) atoms. The molecule has 5 nitrogen and oxygen atoms in total. The summed E-state index contributed by atoms with van der Waals surface area (Å²) in [5.41, 5.74) is 2.83. The SMILES string of the molecule is Cc1cc(/C(O)=C2/C(=O)C(=O)N(CCc3ccc(F)cc3)C2c2cccnc2)ccc1Br. The molecule has 1 unspecified atom stereocenters. The molecule has 3 aromatic rings. The summed E-state index contributed by atoms with van der Waals surface area (Å²) >= 11 is 3.43. The zero-order valence-electron chi connectivity index (χ0n) is 17.3. The number of ketones is 1. The van der Waals surface area contributed by atoms with E-state index in [1.54, 1.807) is 54.9 Å². The van der Waals surface area contributed by atoms with Crippen molar-refractivity contribution in [2.75, 3.05) is 6.54 Å². The van der Waals surface area contributed by atoms with Crippen molar-refractivity contribution in [3.05, 3.63) is 105 Å². The average molecular weight is 495 g/mol. The highest BCUT2D eigenvalue weighted by atomic mass is 79.9. The number of benzene rings is 2. The second-order valence-corrected chi connectivity index (χ2v) is 8.47. The van der Waals surface area contributed by atoms with Crippen LogP contribution in [-0.2, 0) is 16.0 Å². The highest BCUT2D eigenvalue weighted by Crippen LogP contribution is 2.39. The van der Waals surface area contributed by atoms with Crippen molar-refractivity contribution >= 4 is 33.4 Å². The van der Waals surface area contributed by atoms with E-state index in [4.69, 9.17) is 0 Å². The number of nitrogens with zero attached hydrogens (tertiary/aromatic N) is 2. The van der Waals surface area contributed by atoms with Crippen LogP contribution in [0.2, 0.25) is 0 Å². The van der Waals surface area contributed by atoms with Crippen molar-refractivity contribution in [1.29, 1.82) is 0 Å². The molecule has 0 aliphatic carbocycles. The largest absolute Gasteiger partial charge is 0.507 e. The topological polar surface area (TPSA) is 70.5 Å². The predicted molar refractivity (Wildman–Crippen MR) is 122 cm³/mol. The number of aliphatic hydroxyl groups is 1. The summed E-state index contributed by atoms with van der Waals surface area (Å²) < 4.78 is 14.1. The van der Waals surface area contributed by atoms with E-state index in [-0.39, 0.29) is 23.7 Å². The number of Topliss-reactive ketones (excluding diaryl/α,β-unsaturated/α-hetero) is 1. The fourth-order valence-electron chi connectivity index (χ4n) is 3.84. The second-order valence-electron chi connectivity index (χ2n) is 7.62. The van der Waals surface area contributed by atoms with Gasteiger partial charge in [0, 0.05) is 29.0 Å². The molecule has 1 saturated heterocycles. The van der Waals surface area contributed by atoms with Crippen LogP contribution in [0.3, 0.4) is 0 Å². The maximum atomic E-state index is 13.2. The van der Waals surface area contributed by atoms with Crippen LogP contribution in [0.25, 0.3) is 5.76 Å². The van der Waals surface area contributed by atoms with E-state index in [9.17, 15) is 19.1 Å². The lowest BCUT2D eigenvalue weighted by Crippen LogP contribution is -2.31. The van der Waals surface area contributed by atoms with Gasteiger partial charge in [0.15, 0.2) is 0 Å². The molecule has 1 atom stereocenters. The van der Waals surface area contributed by atoms with Gasteiger partial charge in [0.25, 0.3) is 11.7 Å². The summed E-state index contributed by atoms with van der Waals surface area (Å²) in [6.07, 6.45) is 3.62. The van der Waals surface area contributed by atoms with Gasteiger partial charge in [0.05, 0.1) is 11.6 Å². The number of halogens is 2. The van der Waals surface area contributed by atoms with Crippen molar-refractivity contribution in [1.82, 2.24) is 9.88 Å². The number of likely N-dealkylation sites (tertiary alicyclic amines) is 1. The quantitative estimate of drug-likeness (QED) is 0.309. The third-order valence-electron chi connectivity index (χ3n) is 5.53. The van der Waals surface area contributed by atoms with E-state index in [1.807, 2.05) is 6.92 Å². The van der Waals surface area contributed by atoms with Gasteiger partial charge in [-0.25, -0.2) is 4.39 Å². The van der Waals surface area contributed by atoms with E-state index < -0.39 is 17.7 Å². The number of carbonyl (C=O) groups is 2. The fourth-order valence-corrected chi connectivity index (χ4v) is 4.09. The Morgan fingerprint density at radius 3 is 2.56 bits per heavy atom. The summed E-state index contributed by atoms with van der Waals surface area (Å²) in [6.45, 7) is 2.10. The molecule has 162 valence electrons. The van der Waals surface area contributed by atoms with Crippen LogP contribution in [0, 0.1) is 12.7 Å². The van der Waals surface area contributed by atoms with Crippen LogP contribution in [-0.4, -0.2) is 33.2 Å². The van der Waals surface area contributed by atoms with Gasteiger partial charge in [-0.3, -0.25) is 14.6 Å². The first-order valence-corrected chi connectivity index (χ1v) is 10.9. The van der Waals surface area contributed by atoms with E-state index in [0.717, 1.165) is 15.6 Å². The number of hydrogen-bond acceptors (Lipinski definition) is 4. The zero-order chi connectivity index (χ0) is 22.8. The average Bonchev–Trinajstić information content (AvgIpc) is 3.05. The van der Waals surface area contributed by atoms with E-state index in [1.165, 1.54) is 17.0 Å². The molecule has 1 aliphatic rings. The normalized spacial score (nSPS) is 17.7. The van der Waals surface area contributed by atoms with E-state index >= 15 is 0 Å². The van der Waals surface area contributed by atoms with Crippen LogP contribution >= 0.6 is 15.9 Å². The minimum atomic E-state index is -0.770. The second kappa shape index (κ2) is 9.04. The summed E-state index contributed by atoms with van der Waals surface area (Å²) in [7, 11) is 0. The molecule has 1 N–H and O–H groups in total. The molecule has 2 aromatic carbocycles. The molecule has 0 bridgehead atoms. The Balaban J connectivity index is 1.76. The van der Waals surface area contributed by atoms with Gasteiger partial charge in [0.1, 0.15) is 11.6 Å². The Labute approximate surface area is 193 Å². The molecule has 1 aromatic heterocycles. The summed E-state index contributed by atoms with van der Waals surface area (Å²) in [5.74, 6) is -1.99. The Morgan fingerprint density at radius 1 is 1.16 bits per heavy atom. The van der Waals surface area contributed by atoms with Crippen molar-refractivity contribution in [3.8, 4) is 0 Å². The maximum absolute atomic E-state index is 13.2. The van der Waals surface area contributed by atoms with Crippen molar-refractivity contribution < 1.29 is 19.1 Å². The summed E-state index contributed by atoms with van der Waals surface area (Å²) in [5, 5.41) is 11.1. The smallest absolute Gasteiger partial charge is 0.295 e. The van der Waals surface area contributed by atoms with Crippen LogP contribution < -0.4 is 0 Å². The van der Waals surface area contributed by atoms with Gasteiger partial charge in [-0.05, 0) is 60.4 Å². The van der Waals surface area contributed by atoms with Gasteiger partial charge >= 0.3 is 0 Å². The molecule has 1 fully saturated rings. The lowest BCUT2D eigenvalue weighted by Gasteiger charge is -2.25. The molecule has 2 heterocycles. The van der Waals surface area contributed by atoms with Gasteiger partial charge in [0.2, 0.25) is 0 Å². The molecule has 4 rings (SSSR count). The van der Waals surface area contributed by atoms with Crippen LogP contribution in [0.1, 0.15) is 28.3 Å². The number of aryl methyl sites for hydroxylation is 1. The van der Waals surface area contributed by atoms with Crippen LogP contribution in [0.4, 0.5) is 4.39 Å².